The van der Waals surface area contributed by atoms with Gasteiger partial charge in [0.05, 0.1) is 0 Å². The van der Waals surface area contributed by atoms with Crippen molar-refractivity contribution >= 4 is 63.1 Å². The van der Waals surface area contributed by atoms with Crippen LogP contribution < -0.4 is 0 Å². The van der Waals surface area contributed by atoms with Crippen LogP contribution in [-0.4, -0.2) is 4.89 Å². The molecule has 0 saturated carbocycles. The van der Waals surface area contributed by atoms with E-state index >= 15 is 0 Å². The van der Waals surface area contributed by atoms with Gasteiger partial charge >= 0.3 is 68.0 Å². The number of halogens is 3. The van der Waals surface area contributed by atoms with Gasteiger partial charge in [-0.25, -0.2) is 0 Å². The van der Waals surface area contributed by atoms with Gasteiger partial charge in [0.1, 0.15) is 0 Å². The molecule has 0 fully saturated rings. The minimum absolute atomic E-state index is 0.0503. The second kappa shape index (κ2) is 3.30. The van der Waals surface area contributed by atoms with Gasteiger partial charge in [-0.1, -0.05) is 0 Å². The predicted molar refractivity (Wildman–Crippen MR) is 53.0 cm³/mol. The number of hydrogen-bond acceptors (Lipinski definition) is 1. The molecule has 0 spiro atoms. The summed E-state index contributed by atoms with van der Waals surface area (Å²) in [6.07, 6.45) is 0. The number of rotatable bonds is 2. The molecule has 0 aliphatic rings. The van der Waals surface area contributed by atoms with Gasteiger partial charge in [0.2, 0.25) is 0 Å². The van der Waals surface area contributed by atoms with Crippen LogP contribution in [-0.2, 0) is 0 Å². The van der Waals surface area contributed by atoms with Crippen LogP contribution in [0.15, 0.2) is 0 Å². The Balaban J connectivity index is 3.73. The molecular formula is H5Cl3OP4. The number of hydrogen-bond donors (Lipinski definition) is 1. The van der Waals surface area contributed by atoms with Crippen LogP contribution in [0.4, 0.5) is 0 Å². The molecule has 0 amide bonds. The molecule has 0 rings (SSSR count). The summed E-state index contributed by atoms with van der Waals surface area (Å²) < 4.78 is -2.98. The maximum absolute atomic E-state index is 8.37. The molecular weight excluding hydrogens is 246 g/mol. The van der Waals surface area contributed by atoms with Crippen molar-refractivity contribution in [3.63, 3.8) is 0 Å². The Bertz CT molecular complexity index is 73.8. The first kappa shape index (κ1) is 10.6. The van der Waals surface area contributed by atoms with Crippen molar-refractivity contribution in [2.45, 2.75) is 0 Å². The van der Waals surface area contributed by atoms with Crippen LogP contribution in [0.5, 0.6) is 0 Å². The van der Waals surface area contributed by atoms with Gasteiger partial charge in [-0.05, 0) is 0 Å². The Morgan fingerprint density at radius 1 is 1.38 bits per heavy atom. The third-order valence-corrected chi connectivity index (χ3v) is 16.8. The van der Waals surface area contributed by atoms with E-state index in [1.54, 1.807) is 0 Å². The van der Waals surface area contributed by atoms with Crippen molar-refractivity contribution in [3.8, 4) is 0 Å². The van der Waals surface area contributed by atoms with E-state index in [9.17, 15) is 0 Å². The van der Waals surface area contributed by atoms with Gasteiger partial charge in [0.25, 0.3) is 0 Å². The van der Waals surface area contributed by atoms with Crippen molar-refractivity contribution in [1.82, 2.24) is 0 Å². The standard InChI is InChI=1S/Cl3H5OP4/c1-8(2,3,5)7-6-4/h4,6-7H,5H2. The first-order valence-corrected chi connectivity index (χ1v) is 11.8. The summed E-state index contributed by atoms with van der Waals surface area (Å²) >= 11 is 16.7. The van der Waals surface area contributed by atoms with E-state index < -0.39 is 4.04 Å². The third-order valence-electron chi connectivity index (χ3n) is 0.241. The van der Waals surface area contributed by atoms with Crippen molar-refractivity contribution in [2.75, 3.05) is 0 Å². The second-order valence-electron chi connectivity index (χ2n) is 1.09. The van der Waals surface area contributed by atoms with E-state index in [2.05, 4.69) is 8.93 Å². The average molecular weight is 251 g/mol. The van der Waals surface area contributed by atoms with Crippen molar-refractivity contribution in [1.29, 1.82) is 0 Å². The summed E-state index contributed by atoms with van der Waals surface area (Å²) in [5.41, 5.74) is 0. The van der Waals surface area contributed by atoms with Crippen LogP contribution in [0, 0.1) is 0 Å². The van der Waals surface area contributed by atoms with Gasteiger partial charge < -0.3 is 0 Å². The molecule has 1 nitrogen and oxygen atoms in total. The average Bonchev–Trinajstić information content (AvgIpc) is 1.25. The van der Waals surface area contributed by atoms with Crippen molar-refractivity contribution in [3.05, 3.63) is 0 Å². The molecule has 3 unspecified atom stereocenters. The molecule has 0 saturated heterocycles. The summed E-state index contributed by atoms with van der Waals surface area (Å²) in [7, 11) is 1.98. The molecule has 1 N–H and O–H groups in total. The molecule has 3 atom stereocenters. The quantitative estimate of drug-likeness (QED) is 0.738. The molecule has 0 heterocycles. The Hall–Kier alpha value is 2.55. The molecule has 0 bridgehead atoms. The Labute approximate surface area is 68.1 Å². The van der Waals surface area contributed by atoms with Crippen LogP contribution in [0.3, 0.4) is 0 Å². The molecule has 0 aliphatic heterocycles. The Morgan fingerprint density at radius 2 is 1.75 bits per heavy atom. The Kier molecular flexibility index (Phi) is 4.35. The van der Waals surface area contributed by atoms with Gasteiger partial charge in [-0.3, -0.25) is 0 Å². The molecule has 0 aromatic carbocycles. The van der Waals surface area contributed by atoms with E-state index in [0.29, 0.717) is 0 Å². The zero-order valence-corrected chi connectivity index (χ0v) is 9.92. The SMILES string of the molecule is OPPP(P)(Cl)(Cl)Cl. The van der Waals surface area contributed by atoms with E-state index in [-0.39, 0.29) is 16.5 Å². The third kappa shape index (κ3) is 8.55. The first-order valence-electron chi connectivity index (χ1n) is 1.46. The topological polar surface area (TPSA) is 20.2 Å². The first-order chi connectivity index (χ1) is 3.31. The fraction of sp³-hybridized carbons (Fsp3) is 0. The molecule has 0 radical (unpaired) electrons. The zero-order chi connectivity index (χ0) is 6.86. The van der Waals surface area contributed by atoms with Gasteiger partial charge in [0, 0.05) is 0 Å². The van der Waals surface area contributed by atoms with E-state index in [4.69, 9.17) is 38.6 Å². The van der Waals surface area contributed by atoms with Crippen LogP contribution in [0.2, 0.25) is 0 Å². The molecule has 8 heavy (non-hydrogen) atoms. The summed E-state index contributed by atoms with van der Waals surface area (Å²) in [5.74, 6) is 0. The monoisotopic (exact) mass is 250 g/mol. The molecule has 8 heteroatoms. The van der Waals surface area contributed by atoms with Crippen LogP contribution in [0.1, 0.15) is 0 Å². The van der Waals surface area contributed by atoms with Gasteiger partial charge in [-0.2, -0.15) is 0 Å². The van der Waals surface area contributed by atoms with Crippen molar-refractivity contribution in [2.24, 2.45) is 0 Å². The van der Waals surface area contributed by atoms with E-state index in [1.807, 2.05) is 0 Å². The normalized spacial score (nSPS) is 20.4. The van der Waals surface area contributed by atoms with Crippen LogP contribution in [0.25, 0.3) is 0 Å². The second-order valence-corrected chi connectivity index (χ2v) is 27.4. The summed E-state index contributed by atoms with van der Waals surface area (Å²) in [6, 6.07) is 0. The van der Waals surface area contributed by atoms with Gasteiger partial charge in [-0.15, -0.1) is 0 Å². The fourth-order valence-corrected chi connectivity index (χ4v) is 6.93. The molecule has 0 aromatic rings. The summed E-state index contributed by atoms with van der Waals surface area (Å²) in [5, 5.41) is 0. The van der Waals surface area contributed by atoms with Gasteiger partial charge in [0.15, 0.2) is 0 Å². The molecule has 0 aliphatic carbocycles. The maximum atomic E-state index is 8.37. The summed E-state index contributed by atoms with van der Waals surface area (Å²) in [6.45, 7) is 0. The summed E-state index contributed by atoms with van der Waals surface area (Å²) in [4.78, 5) is 8.37. The van der Waals surface area contributed by atoms with E-state index in [1.165, 1.54) is 0 Å². The Morgan fingerprint density at radius 3 is 1.75 bits per heavy atom. The van der Waals surface area contributed by atoms with Crippen molar-refractivity contribution < 1.29 is 4.89 Å². The zero-order valence-electron chi connectivity index (χ0n) is 3.61. The fourth-order valence-electron chi connectivity index (χ4n) is 0.0856. The minimum atomic E-state index is -2.98. The van der Waals surface area contributed by atoms with Crippen LogP contribution >= 0.6 is 63.1 Å². The molecule has 0 aromatic heterocycles. The predicted octanol–water partition coefficient (Wildman–Crippen LogP) is 3.89. The van der Waals surface area contributed by atoms with E-state index in [0.717, 1.165) is 0 Å². The molecule has 52 valence electrons.